The van der Waals surface area contributed by atoms with Crippen molar-refractivity contribution < 1.29 is 13.6 Å². The molecule has 0 spiro atoms. The fourth-order valence-electron chi connectivity index (χ4n) is 1.78. The molecule has 1 aromatic carbocycles. The predicted octanol–water partition coefficient (Wildman–Crippen LogP) is 2.72. The molecule has 0 atom stereocenters. The number of nitrogens with zero attached hydrogens (tertiary/aromatic N) is 2. The van der Waals surface area contributed by atoms with E-state index in [1.54, 1.807) is 13.0 Å². The lowest BCUT2D eigenvalue weighted by atomic mass is 10.1. The number of rotatable bonds is 3. The number of carbonyl (C=O) groups excluding carboxylic acids is 1. The maximum atomic E-state index is 13.5. The molecule has 0 saturated heterocycles. The Kier molecular flexibility index (Phi) is 3.23. The Bertz CT molecular complexity index is 605. The number of benzene rings is 1. The molecule has 18 heavy (non-hydrogen) atoms. The first kappa shape index (κ1) is 12.4. The molecular weight excluding hydrogens is 238 g/mol. The van der Waals surface area contributed by atoms with Gasteiger partial charge in [-0.15, -0.1) is 0 Å². The topological polar surface area (TPSA) is 34.9 Å². The fraction of sp³-hybridized carbons (Fsp3) is 0.231. The van der Waals surface area contributed by atoms with Crippen molar-refractivity contribution in [1.29, 1.82) is 0 Å². The molecule has 1 heterocycles. The second-order valence-electron chi connectivity index (χ2n) is 3.94. The summed E-state index contributed by atoms with van der Waals surface area (Å²) in [5.41, 5.74) is 0.842. The SMILES string of the molecule is CCn1nc(C)cc1C(=O)c1ccc(F)cc1F. The van der Waals surface area contributed by atoms with Crippen LogP contribution in [0.25, 0.3) is 0 Å². The Labute approximate surface area is 103 Å². The van der Waals surface area contributed by atoms with Crippen molar-refractivity contribution in [3.63, 3.8) is 0 Å². The first-order chi connectivity index (χ1) is 8.52. The average Bonchev–Trinajstić information content (AvgIpc) is 2.69. The van der Waals surface area contributed by atoms with Crippen LogP contribution in [0.2, 0.25) is 0 Å². The Hall–Kier alpha value is -2.04. The fourth-order valence-corrected chi connectivity index (χ4v) is 1.78. The lowest BCUT2D eigenvalue weighted by Gasteiger charge is -2.04. The van der Waals surface area contributed by atoms with Crippen LogP contribution in [0.4, 0.5) is 8.78 Å². The molecule has 0 N–H and O–H groups in total. The molecule has 1 aromatic heterocycles. The van der Waals surface area contributed by atoms with Gasteiger partial charge < -0.3 is 0 Å². The highest BCUT2D eigenvalue weighted by atomic mass is 19.1. The van der Waals surface area contributed by atoms with E-state index in [2.05, 4.69) is 5.10 Å². The molecule has 2 rings (SSSR count). The normalized spacial score (nSPS) is 10.7. The number of halogens is 2. The standard InChI is InChI=1S/C13H12F2N2O/c1-3-17-12(6-8(2)16-17)13(18)10-5-4-9(14)7-11(10)15/h4-7H,3H2,1-2H3. The highest BCUT2D eigenvalue weighted by Crippen LogP contribution is 2.15. The van der Waals surface area contributed by atoms with Crippen LogP contribution in [0.5, 0.6) is 0 Å². The van der Waals surface area contributed by atoms with E-state index in [-0.39, 0.29) is 5.56 Å². The number of aryl methyl sites for hydroxylation is 2. The summed E-state index contributed by atoms with van der Waals surface area (Å²) in [6.45, 7) is 4.10. The number of hydrogen-bond acceptors (Lipinski definition) is 2. The van der Waals surface area contributed by atoms with Gasteiger partial charge in [0.1, 0.15) is 17.3 Å². The maximum Gasteiger partial charge on any atom is 0.213 e. The van der Waals surface area contributed by atoms with Crippen molar-refractivity contribution in [2.75, 3.05) is 0 Å². The number of hydrogen-bond donors (Lipinski definition) is 0. The van der Waals surface area contributed by atoms with Crippen LogP contribution in [-0.4, -0.2) is 15.6 Å². The molecule has 0 unspecified atom stereocenters. The van der Waals surface area contributed by atoms with Crippen molar-refractivity contribution in [3.05, 3.63) is 52.9 Å². The highest BCUT2D eigenvalue weighted by molar-refractivity contribution is 6.08. The molecule has 0 aliphatic carbocycles. The van der Waals surface area contributed by atoms with E-state index in [1.165, 1.54) is 4.68 Å². The Morgan fingerprint density at radius 2 is 2.06 bits per heavy atom. The van der Waals surface area contributed by atoms with Crippen LogP contribution in [0, 0.1) is 18.6 Å². The number of aromatic nitrogens is 2. The van der Waals surface area contributed by atoms with Crippen molar-refractivity contribution in [1.82, 2.24) is 9.78 Å². The summed E-state index contributed by atoms with van der Waals surface area (Å²) in [4.78, 5) is 12.1. The summed E-state index contributed by atoms with van der Waals surface area (Å²) in [5.74, 6) is -2.05. The van der Waals surface area contributed by atoms with E-state index in [9.17, 15) is 13.6 Å². The summed E-state index contributed by atoms with van der Waals surface area (Å²) in [7, 11) is 0. The molecule has 0 saturated carbocycles. The van der Waals surface area contributed by atoms with Crippen LogP contribution in [0.3, 0.4) is 0 Å². The van der Waals surface area contributed by atoms with Crippen molar-refractivity contribution >= 4 is 5.78 Å². The van der Waals surface area contributed by atoms with Gasteiger partial charge in [0.05, 0.1) is 11.3 Å². The van der Waals surface area contributed by atoms with Crippen molar-refractivity contribution in [2.24, 2.45) is 0 Å². The van der Waals surface area contributed by atoms with E-state index in [0.29, 0.717) is 24.0 Å². The zero-order valence-electron chi connectivity index (χ0n) is 10.1. The lowest BCUT2D eigenvalue weighted by molar-refractivity contribution is 0.102. The van der Waals surface area contributed by atoms with Gasteiger partial charge in [-0.1, -0.05) is 0 Å². The molecule has 0 fully saturated rings. The summed E-state index contributed by atoms with van der Waals surface area (Å²) < 4.78 is 27.8. The molecule has 5 heteroatoms. The van der Waals surface area contributed by atoms with Gasteiger partial charge in [0, 0.05) is 12.6 Å². The van der Waals surface area contributed by atoms with E-state index in [0.717, 1.165) is 12.1 Å². The highest BCUT2D eigenvalue weighted by Gasteiger charge is 2.19. The van der Waals surface area contributed by atoms with Gasteiger partial charge >= 0.3 is 0 Å². The molecule has 0 radical (unpaired) electrons. The van der Waals surface area contributed by atoms with Crippen LogP contribution < -0.4 is 0 Å². The summed E-state index contributed by atoms with van der Waals surface area (Å²) >= 11 is 0. The van der Waals surface area contributed by atoms with E-state index in [1.807, 2.05) is 6.92 Å². The van der Waals surface area contributed by atoms with Gasteiger partial charge in [-0.3, -0.25) is 9.48 Å². The Balaban J connectivity index is 2.47. The summed E-state index contributed by atoms with van der Waals surface area (Å²) in [6, 6.07) is 4.51. The number of ketones is 1. The lowest BCUT2D eigenvalue weighted by Crippen LogP contribution is -2.12. The molecule has 0 aliphatic rings. The van der Waals surface area contributed by atoms with Crippen LogP contribution in [0.1, 0.15) is 28.7 Å². The van der Waals surface area contributed by atoms with Crippen LogP contribution >= 0.6 is 0 Å². The van der Waals surface area contributed by atoms with Gasteiger partial charge in [-0.25, -0.2) is 8.78 Å². The zero-order valence-corrected chi connectivity index (χ0v) is 10.1. The second-order valence-corrected chi connectivity index (χ2v) is 3.94. The van der Waals surface area contributed by atoms with Gasteiger partial charge in [-0.2, -0.15) is 5.10 Å². The van der Waals surface area contributed by atoms with E-state index < -0.39 is 17.4 Å². The summed E-state index contributed by atoms with van der Waals surface area (Å²) in [5, 5.41) is 4.12. The maximum absolute atomic E-state index is 13.5. The first-order valence-corrected chi connectivity index (χ1v) is 5.57. The molecule has 94 valence electrons. The Morgan fingerprint density at radius 3 is 2.67 bits per heavy atom. The zero-order chi connectivity index (χ0) is 13.3. The Morgan fingerprint density at radius 1 is 1.33 bits per heavy atom. The van der Waals surface area contributed by atoms with Crippen LogP contribution in [-0.2, 0) is 6.54 Å². The molecule has 0 aliphatic heterocycles. The van der Waals surface area contributed by atoms with Crippen molar-refractivity contribution in [2.45, 2.75) is 20.4 Å². The molecule has 3 nitrogen and oxygen atoms in total. The first-order valence-electron chi connectivity index (χ1n) is 5.57. The molecule has 0 amide bonds. The minimum Gasteiger partial charge on any atom is -0.287 e. The van der Waals surface area contributed by atoms with Gasteiger partial charge in [0.15, 0.2) is 0 Å². The van der Waals surface area contributed by atoms with Crippen LogP contribution in [0.15, 0.2) is 24.3 Å². The smallest absolute Gasteiger partial charge is 0.213 e. The predicted molar refractivity (Wildman–Crippen MR) is 62.4 cm³/mol. The third kappa shape index (κ3) is 2.16. The third-order valence-corrected chi connectivity index (χ3v) is 2.61. The number of carbonyl (C=O) groups is 1. The molecule has 2 aromatic rings. The minimum atomic E-state index is -0.860. The van der Waals surface area contributed by atoms with Gasteiger partial charge in [-0.05, 0) is 32.0 Å². The second kappa shape index (κ2) is 4.68. The minimum absolute atomic E-state index is 0.147. The summed E-state index contributed by atoms with van der Waals surface area (Å²) in [6.07, 6.45) is 0. The van der Waals surface area contributed by atoms with Crippen molar-refractivity contribution in [3.8, 4) is 0 Å². The third-order valence-electron chi connectivity index (χ3n) is 2.61. The van der Waals surface area contributed by atoms with E-state index >= 15 is 0 Å². The van der Waals surface area contributed by atoms with Gasteiger partial charge in [0.25, 0.3) is 0 Å². The monoisotopic (exact) mass is 250 g/mol. The van der Waals surface area contributed by atoms with Gasteiger partial charge in [0.2, 0.25) is 5.78 Å². The molecular formula is C13H12F2N2O. The quantitative estimate of drug-likeness (QED) is 0.785. The molecule has 0 bridgehead atoms. The average molecular weight is 250 g/mol. The largest absolute Gasteiger partial charge is 0.287 e. The van der Waals surface area contributed by atoms with E-state index in [4.69, 9.17) is 0 Å².